The molecule has 9 atom stereocenters. The molecular weight excluding hydrogens is 568 g/mol. The van der Waals surface area contributed by atoms with Gasteiger partial charge < -0.3 is 14.7 Å². The molecule has 2 N–H and O–H groups in total. The van der Waals surface area contributed by atoms with Gasteiger partial charge in [-0.25, -0.2) is 0 Å². The van der Waals surface area contributed by atoms with Crippen LogP contribution in [0.3, 0.4) is 0 Å². The molecule has 6 aliphatic rings. The number of piperidine rings is 3. The molecule has 2 aromatic heterocycles. The fraction of sp³-hybridized carbons (Fsp3) is 0.525. The maximum atomic E-state index is 13.6. The van der Waals surface area contributed by atoms with Crippen LogP contribution in [0.4, 0.5) is 0 Å². The van der Waals surface area contributed by atoms with Crippen LogP contribution in [0.25, 0.3) is 21.8 Å². The predicted molar refractivity (Wildman–Crippen MR) is 184 cm³/mol. The summed E-state index contributed by atoms with van der Waals surface area (Å²) in [5.74, 6) is 2.30. The molecule has 6 nitrogen and oxygen atoms in total. The van der Waals surface area contributed by atoms with E-state index in [1.54, 1.807) is 12.7 Å². The molecule has 0 amide bonds. The van der Waals surface area contributed by atoms with E-state index in [9.17, 15) is 4.79 Å². The monoisotopic (exact) mass is 616 g/mol. The van der Waals surface area contributed by atoms with Crippen LogP contribution >= 0.6 is 0 Å². The average Bonchev–Trinajstić information content (AvgIpc) is 3.60. The SMILES string of the molecule is C/C=C1/CN(C)[C@@H]2Cc3c([nH]c4ccccc34)[C@@H](c3ccc4c5c([nH]c4c3)[C@@H]3C[C@@H]4C[C@H](CC)[C@@H]3N(CC5)C4)C[C@H]1C2C(=O)OC. The number of methoxy groups -OCH3 is 1. The third kappa shape index (κ3) is 4.18. The molecule has 4 aliphatic heterocycles. The number of aromatic nitrogens is 2. The molecule has 2 unspecified atom stereocenters. The third-order valence-corrected chi connectivity index (χ3v) is 13.2. The number of benzene rings is 2. The lowest BCUT2D eigenvalue weighted by molar-refractivity contribution is -0.151. The molecule has 6 heterocycles. The lowest BCUT2D eigenvalue weighted by atomic mass is 9.65. The number of esters is 1. The molecule has 240 valence electrons. The summed E-state index contributed by atoms with van der Waals surface area (Å²) in [6.07, 6.45) is 9.16. The number of likely N-dealkylation sites (N-methyl/N-ethyl adjacent to an activating group) is 1. The summed E-state index contributed by atoms with van der Waals surface area (Å²) in [5, 5.41) is 2.70. The van der Waals surface area contributed by atoms with Crippen LogP contribution in [-0.4, -0.2) is 71.6 Å². The van der Waals surface area contributed by atoms with Crippen molar-refractivity contribution in [2.24, 2.45) is 23.7 Å². The molecule has 46 heavy (non-hydrogen) atoms. The zero-order chi connectivity index (χ0) is 31.3. The van der Waals surface area contributed by atoms with Crippen molar-refractivity contribution < 1.29 is 9.53 Å². The molecular formula is C40H48N4O2. The number of carbonyl (C=O) groups is 1. The van der Waals surface area contributed by atoms with E-state index in [4.69, 9.17) is 4.74 Å². The van der Waals surface area contributed by atoms with Gasteiger partial charge in [0.05, 0.1) is 13.0 Å². The van der Waals surface area contributed by atoms with Gasteiger partial charge in [0.2, 0.25) is 0 Å². The second-order valence-corrected chi connectivity index (χ2v) is 15.2. The lowest BCUT2D eigenvalue weighted by Gasteiger charge is -2.53. The molecule has 6 heteroatoms. The Morgan fingerprint density at radius 2 is 1.83 bits per heavy atom. The van der Waals surface area contributed by atoms with Crippen LogP contribution in [-0.2, 0) is 22.4 Å². The van der Waals surface area contributed by atoms with E-state index in [0.29, 0.717) is 12.0 Å². The van der Waals surface area contributed by atoms with Crippen molar-refractivity contribution in [3.05, 3.63) is 82.2 Å². The van der Waals surface area contributed by atoms with Crippen molar-refractivity contribution in [2.75, 3.05) is 33.8 Å². The minimum Gasteiger partial charge on any atom is -0.469 e. The van der Waals surface area contributed by atoms with Gasteiger partial charge in [0, 0.05) is 76.7 Å². The van der Waals surface area contributed by atoms with Gasteiger partial charge in [-0.15, -0.1) is 0 Å². The third-order valence-electron chi connectivity index (χ3n) is 13.2. The number of likely N-dealkylation sites (tertiary alicyclic amines) is 1. The first kappa shape index (κ1) is 28.8. The standard InChI is InChI=1S/C40H48N4O2/c1-5-23-15-22-16-32-37-28(13-14-44(20-22)39(23)32)27-12-11-25(17-34(27)42-37)30-18-29-24(6-2)21-43(3)35(36(29)40(45)46-4)19-31-26-9-7-8-10-33(26)41-38(30)31/h6-12,17,22-23,29-30,32,35-36,39,41-42H,5,13-16,18-21H2,1-4H3/b24-6-/t22-,23-,29+,30+,32-,35+,36?,39-/m0/s1. The number of hydrogen-bond donors (Lipinski definition) is 2. The maximum Gasteiger partial charge on any atom is 0.310 e. The quantitative estimate of drug-likeness (QED) is 0.190. The molecule has 2 aromatic carbocycles. The molecule has 4 aromatic rings. The molecule has 1 saturated carbocycles. The largest absolute Gasteiger partial charge is 0.469 e. The smallest absolute Gasteiger partial charge is 0.310 e. The Labute approximate surface area is 272 Å². The Kier molecular flexibility index (Phi) is 6.80. The van der Waals surface area contributed by atoms with Gasteiger partial charge in [-0.1, -0.05) is 55.3 Å². The Bertz CT molecular complexity index is 1870. The van der Waals surface area contributed by atoms with Crippen LogP contribution in [0, 0.1) is 23.7 Å². The average molecular weight is 617 g/mol. The Morgan fingerprint density at radius 3 is 2.65 bits per heavy atom. The molecule has 2 aliphatic carbocycles. The van der Waals surface area contributed by atoms with E-state index in [1.165, 1.54) is 82.2 Å². The molecule has 0 spiro atoms. The summed E-state index contributed by atoms with van der Waals surface area (Å²) in [5.41, 5.74) is 11.0. The van der Waals surface area contributed by atoms with E-state index in [-0.39, 0.29) is 29.8 Å². The van der Waals surface area contributed by atoms with Crippen molar-refractivity contribution >= 4 is 27.8 Å². The second-order valence-electron chi connectivity index (χ2n) is 15.2. The number of rotatable bonds is 3. The number of aromatic amines is 2. The number of para-hydroxylation sites is 1. The first-order valence-corrected chi connectivity index (χ1v) is 17.9. The first-order valence-electron chi connectivity index (χ1n) is 17.9. The van der Waals surface area contributed by atoms with Crippen LogP contribution in [0.5, 0.6) is 0 Å². The molecule has 4 fully saturated rings. The Hall–Kier alpha value is -3.35. The normalized spacial score (nSPS) is 34.6. The Morgan fingerprint density at radius 1 is 1.00 bits per heavy atom. The summed E-state index contributed by atoms with van der Waals surface area (Å²) in [4.78, 5) is 26.9. The van der Waals surface area contributed by atoms with Gasteiger partial charge in [-0.2, -0.15) is 0 Å². The topological polar surface area (TPSA) is 64.4 Å². The van der Waals surface area contributed by atoms with Crippen LogP contribution < -0.4 is 0 Å². The predicted octanol–water partition coefficient (Wildman–Crippen LogP) is 7.15. The number of fused-ring (bicyclic) bond motifs is 9. The van der Waals surface area contributed by atoms with Gasteiger partial charge in [0.1, 0.15) is 0 Å². The van der Waals surface area contributed by atoms with Gasteiger partial charge in [0.25, 0.3) is 0 Å². The van der Waals surface area contributed by atoms with Crippen LogP contribution in [0.15, 0.2) is 54.1 Å². The number of ether oxygens (including phenoxy) is 1. The van der Waals surface area contributed by atoms with Crippen molar-refractivity contribution in [2.45, 2.75) is 76.3 Å². The highest BCUT2D eigenvalue weighted by atomic mass is 16.5. The minimum atomic E-state index is -0.194. The summed E-state index contributed by atoms with van der Waals surface area (Å²) < 4.78 is 5.54. The number of carbonyl (C=O) groups excluding carboxylic acids is 1. The van der Waals surface area contributed by atoms with E-state index >= 15 is 0 Å². The van der Waals surface area contributed by atoms with Crippen molar-refractivity contribution in [3.63, 3.8) is 0 Å². The number of hydrogen-bond acceptors (Lipinski definition) is 4. The molecule has 10 rings (SSSR count). The first-order chi connectivity index (χ1) is 22.5. The minimum absolute atomic E-state index is 0.0762. The maximum absolute atomic E-state index is 13.6. The van der Waals surface area contributed by atoms with Gasteiger partial charge in [-0.05, 0) is 92.7 Å². The zero-order valence-electron chi connectivity index (χ0n) is 27.8. The van der Waals surface area contributed by atoms with E-state index in [2.05, 4.69) is 89.2 Å². The Balaban J connectivity index is 1.19. The molecule has 0 radical (unpaired) electrons. The van der Waals surface area contributed by atoms with Crippen molar-refractivity contribution in [1.29, 1.82) is 0 Å². The van der Waals surface area contributed by atoms with Gasteiger partial charge >= 0.3 is 5.97 Å². The van der Waals surface area contributed by atoms with E-state index < -0.39 is 0 Å². The van der Waals surface area contributed by atoms with Crippen molar-refractivity contribution in [1.82, 2.24) is 19.8 Å². The zero-order valence-corrected chi connectivity index (χ0v) is 27.8. The van der Waals surface area contributed by atoms with E-state index in [0.717, 1.165) is 37.6 Å². The highest BCUT2D eigenvalue weighted by molar-refractivity contribution is 5.88. The number of H-pyrrole nitrogens is 2. The number of allylic oxidation sites excluding steroid dienone is 1. The fourth-order valence-electron chi connectivity index (χ4n) is 11.2. The summed E-state index contributed by atoms with van der Waals surface area (Å²) >= 11 is 0. The summed E-state index contributed by atoms with van der Waals surface area (Å²) in [7, 11) is 3.74. The molecule has 6 bridgehead atoms. The summed E-state index contributed by atoms with van der Waals surface area (Å²) in [6, 6.07) is 16.8. The second kappa shape index (κ2) is 10.8. The lowest BCUT2D eigenvalue weighted by Crippen LogP contribution is -2.56. The molecule has 3 saturated heterocycles. The number of nitrogens with zero attached hydrogens (tertiary/aromatic N) is 2. The highest BCUT2D eigenvalue weighted by Gasteiger charge is 2.49. The van der Waals surface area contributed by atoms with E-state index in [1.807, 2.05) is 0 Å². The number of nitrogens with one attached hydrogen (secondary N) is 2. The highest BCUT2D eigenvalue weighted by Crippen LogP contribution is 2.52. The fourth-order valence-corrected chi connectivity index (χ4v) is 11.2. The van der Waals surface area contributed by atoms with Crippen LogP contribution in [0.1, 0.15) is 79.4 Å². The summed E-state index contributed by atoms with van der Waals surface area (Å²) in [6.45, 7) is 7.93. The van der Waals surface area contributed by atoms with Gasteiger partial charge in [-0.3, -0.25) is 14.6 Å². The van der Waals surface area contributed by atoms with Gasteiger partial charge in [0.15, 0.2) is 0 Å². The van der Waals surface area contributed by atoms with Crippen LogP contribution in [0.2, 0.25) is 0 Å². The van der Waals surface area contributed by atoms with Crippen molar-refractivity contribution in [3.8, 4) is 0 Å².